The third kappa shape index (κ3) is 3.11. The van der Waals surface area contributed by atoms with Gasteiger partial charge in [0, 0.05) is 30.1 Å². The van der Waals surface area contributed by atoms with Crippen molar-refractivity contribution in [3.8, 4) is 11.5 Å². The molecule has 0 radical (unpaired) electrons. The summed E-state index contributed by atoms with van der Waals surface area (Å²) in [5, 5.41) is 1.16. The number of benzene rings is 1. The number of amides is 1. The standard InChI is InChI=1S/C18H20N2O3S/c1-12-9-19-18(24-12)14-3-2-6-20(10-14)17(21)8-13-4-5-15-16(7-13)23-11-22-15/h4-5,7,9,14H,2-3,6,8,10-11H2,1H3. The molecule has 0 saturated carbocycles. The van der Waals surface area contributed by atoms with Crippen molar-refractivity contribution in [2.45, 2.75) is 32.1 Å². The Morgan fingerprint density at radius 3 is 3.08 bits per heavy atom. The second-order valence-corrected chi connectivity index (χ2v) is 7.62. The van der Waals surface area contributed by atoms with Crippen molar-refractivity contribution in [1.82, 2.24) is 9.88 Å². The second kappa shape index (κ2) is 6.43. The van der Waals surface area contributed by atoms with E-state index in [1.165, 1.54) is 4.88 Å². The van der Waals surface area contributed by atoms with Gasteiger partial charge in [-0.25, -0.2) is 4.98 Å². The molecular formula is C18H20N2O3S. The largest absolute Gasteiger partial charge is 0.454 e. The number of likely N-dealkylation sites (tertiary alicyclic amines) is 1. The lowest BCUT2D eigenvalue weighted by Gasteiger charge is -2.32. The van der Waals surface area contributed by atoms with Crippen LogP contribution in [0, 0.1) is 6.92 Å². The lowest BCUT2D eigenvalue weighted by molar-refractivity contribution is -0.131. The Labute approximate surface area is 145 Å². The summed E-state index contributed by atoms with van der Waals surface area (Å²) in [5.74, 6) is 2.03. The molecule has 3 heterocycles. The lowest BCUT2D eigenvalue weighted by atomic mass is 9.98. The number of thiazole rings is 1. The minimum Gasteiger partial charge on any atom is -0.454 e. The van der Waals surface area contributed by atoms with Gasteiger partial charge >= 0.3 is 0 Å². The van der Waals surface area contributed by atoms with Crippen molar-refractivity contribution < 1.29 is 14.3 Å². The zero-order valence-electron chi connectivity index (χ0n) is 13.7. The van der Waals surface area contributed by atoms with Crippen molar-refractivity contribution >= 4 is 17.2 Å². The van der Waals surface area contributed by atoms with E-state index in [-0.39, 0.29) is 12.7 Å². The maximum atomic E-state index is 12.7. The number of aryl methyl sites for hydroxylation is 1. The zero-order valence-corrected chi connectivity index (χ0v) is 14.5. The average molecular weight is 344 g/mol. The highest BCUT2D eigenvalue weighted by atomic mass is 32.1. The summed E-state index contributed by atoms with van der Waals surface area (Å²) < 4.78 is 10.7. The molecule has 4 rings (SSSR count). The van der Waals surface area contributed by atoms with Crippen LogP contribution in [0.25, 0.3) is 0 Å². The van der Waals surface area contributed by atoms with Crippen molar-refractivity contribution in [1.29, 1.82) is 0 Å². The van der Waals surface area contributed by atoms with Crippen molar-refractivity contribution in [3.63, 3.8) is 0 Å². The van der Waals surface area contributed by atoms with E-state index in [1.54, 1.807) is 11.3 Å². The molecule has 1 atom stereocenters. The molecular weight excluding hydrogens is 324 g/mol. The van der Waals surface area contributed by atoms with E-state index in [2.05, 4.69) is 11.9 Å². The van der Waals surface area contributed by atoms with Crippen LogP contribution >= 0.6 is 11.3 Å². The number of carbonyl (C=O) groups is 1. The molecule has 2 aromatic rings. The smallest absolute Gasteiger partial charge is 0.231 e. The quantitative estimate of drug-likeness (QED) is 0.858. The highest BCUT2D eigenvalue weighted by Crippen LogP contribution is 2.33. The number of hydrogen-bond acceptors (Lipinski definition) is 5. The monoisotopic (exact) mass is 344 g/mol. The molecule has 0 spiro atoms. The Hall–Kier alpha value is -2.08. The highest BCUT2D eigenvalue weighted by molar-refractivity contribution is 7.11. The van der Waals surface area contributed by atoms with Crippen LogP contribution in [0.15, 0.2) is 24.4 Å². The highest BCUT2D eigenvalue weighted by Gasteiger charge is 2.26. The molecule has 2 aliphatic heterocycles. The molecule has 1 aromatic heterocycles. The molecule has 1 fully saturated rings. The molecule has 0 aliphatic carbocycles. The van der Waals surface area contributed by atoms with E-state index in [0.29, 0.717) is 12.3 Å². The fourth-order valence-electron chi connectivity index (χ4n) is 3.30. The molecule has 6 heteroatoms. The molecule has 1 unspecified atom stereocenters. The summed E-state index contributed by atoms with van der Waals surface area (Å²) in [7, 11) is 0. The number of nitrogens with zero attached hydrogens (tertiary/aromatic N) is 2. The first-order chi connectivity index (χ1) is 11.7. The van der Waals surface area contributed by atoms with Gasteiger partial charge in [-0.05, 0) is 37.5 Å². The summed E-state index contributed by atoms with van der Waals surface area (Å²) >= 11 is 1.75. The van der Waals surface area contributed by atoms with E-state index >= 15 is 0 Å². The van der Waals surface area contributed by atoms with E-state index < -0.39 is 0 Å². The van der Waals surface area contributed by atoms with Crippen molar-refractivity contribution in [2.24, 2.45) is 0 Å². The van der Waals surface area contributed by atoms with Gasteiger partial charge in [-0.1, -0.05) is 6.07 Å². The number of carbonyl (C=O) groups excluding carboxylic acids is 1. The number of aromatic nitrogens is 1. The summed E-state index contributed by atoms with van der Waals surface area (Å²) in [6, 6.07) is 5.73. The molecule has 2 aliphatic rings. The Bertz CT molecular complexity index is 758. The molecule has 126 valence electrons. The SMILES string of the molecule is Cc1cnc(C2CCCN(C(=O)Cc3ccc4c(c3)OCO4)C2)s1. The van der Waals surface area contributed by atoms with Crippen LogP contribution in [0.4, 0.5) is 0 Å². The number of rotatable bonds is 3. The van der Waals surface area contributed by atoms with Crippen LogP contribution in [-0.4, -0.2) is 35.7 Å². The maximum absolute atomic E-state index is 12.7. The number of fused-ring (bicyclic) bond motifs is 1. The van der Waals surface area contributed by atoms with Crippen molar-refractivity contribution in [2.75, 3.05) is 19.9 Å². The summed E-state index contributed by atoms with van der Waals surface area (Å²) in [6.07, 6.45) is 4.48. The van der Waals surface area contributed by atoms with Gasteiger partial charge in [-0.2, -0.15) is 0 Å². The number of hydrogen-bond donors (Lipinski definition) is 0. The van der Waals surface area contributed by atoms with Gasteiger partial charge in [0.1, 0.15) is 0 Å². The van der Waals surface area contributed by atoms with Gasteiger partial charge in [0.05, 0.1) is 11.4 Å². The molecule has 1 aromatic carbocycles. The van der Waals surface area contributed by atoms with E-state index in [4.69, 9.17) is 9.47 Å². The predicted molar refractivity (Wildman–Crippen MR) is 91.7 cm³/mol. The first kappa shape index (κ1) is 15.4. The Balaban J connectivity index is 1.42. The van der Waals surface area contributed by atoms with Gasteiger partial charge in [0.25, 0.3) is 0 Å². The minimum absolute atomic E-state index is 0.173. The Morgan fingerprint density at radius 1 is 1.38 bits per heavy atom. The molecule has 5 nitrogen and oxygen atoms in total. The normalized spacial score (nSPS) is 19.5. The van der Waals surface area contributed by atoms with E-state index in [9.17, 15) is 4.79 Å². The molecule has 24 heavy (non-hydrogen) atoms. The topological polar surface area (TPSA) is 51.7 Å². The van der Waals surface area contributed by atoms with Crippen LogP contribution in [-0.2, 0) is 11.2 Å². The fraction of sp³-hybridized carbons (Fsp3) is 0.444. The molecule has 0 N–H and O–H groups in total. The van der Waals surface area contributed by atoms with Gasteiger partial charge < -0.3 is 14.4 Å². The zero-order chi connectivity index (χ0) is 16.5. The molecule has 1 saturated heterocycles. The summed E-state index contributed by atoms with van der Waals surface area (Å²) in [5.41, 5.74) is 0.969. The third-order valence-electron chi connectivity index (χ3n) is 4.55. The van der Waals surface area contributed by atoms with Crippen LogP contribution in [0.5, 0.6) is 11.5 Å². The van der Waals surface area contributed by atoms with Gasteiger partial charge in [-0.15, -0.1) is 11.3 Å². The van der Waals surface area contributed by atoms with Crippen molar-refractivity contribution in [3.05, 3.63) is 39.8 Å². The first-order valence-corrected chi connectivity index (χ1v) is 9.09. The van der Waals surface area contributed by atoms with Gasteiger partial charge in [0.2, 0.25) is 12.7 Å². The third-order valence-corrected chi connectivity index (χ3v) is 5.63. The van der Waals surface area contributed by atoms with Crippen LogP contribution in [0.1, 0.15) is 34.2 Å². The maximum Gasteiger partial charge on any atom is 0.231 e. The summed E-state index contributed by atoms with van der Waals surface area (Å²) in [6.45, 7) is 3.95. The van der Waals surface area contributed by atoms with Gasteiger partial charge in [0.15, 0.2) is 11.5 Å². The van der Waals surface area contributed by atoms with Crippen LogP contribution in [0.2, 0.25) is 0 Å². The Morgan fingerprint density at radius 2 is 2.25 bits per heavy atom. The first-order valence-electron chi connectivity index (χ1n) is 8.27. The average Bonchev–Trinajstić information content (AvgIpc) is 3.23. The van der Waals surface area contributed by atoms with Crippen LogP contribution in [0.3, 0.4) is 0 Å². The van der Waals surface area contributed by atoms with Crippen LogP contribution < -0.4 is 9.47 Å². The predicted octanol–water partition coefficient (Wildman–Crippen LogP) is 3.13. The molecule has 1 amide bonds. The fourth-order valence-corrected chi connectivity index (χ4v) is 4.20. The van der Waals surface area contributed by atoms with Gasteiger partial charge in [-0.3, -0.25) is 4.79 Å². The Kier molecular flexibility index (Phi) is 4.14. The second-order valence-electron chi connectivity index (χ2n) is 6.35. The van der Waals surface area contributed by atoms with E-state index in [0.717, 1.165) is 48.0 Å². The summed E-state index contributed by atoms with van der Waals surface area (Å²) in [4.78, 5) is 20.4. The molecule has 0 bridgehead atoms. The van der Waals surface area contributed by atoms with E-state index in [1.807, 2.05) is 29.3 Å². The lowest BCUT2D eigenvalue weighted by Crippen LogP contribution is -2.39. The number of piperidine rings is 1. The number of ether oxygens (including phenoxy) is 2. The minimum atomic E-state index is 0.173.